The van der Waals surface area contributed by atoms with Crippen molar-refractivity contribution in [2.45, 2.75) is 58.1 Å². The number of thiazole rings is 1. The van der Waals surface area contributed by atoms with E-state index >= 15 is 0 Å². The second-order valence-electron chi connectivity index (χ2n) is 7.80. The van der Waals surface area contributed by atoms with Crippen LogP contribution >= 0.6 is 11.3 Å². The van der Waals surface area contributed by atoms with Crippen molar-refractivity contribution in [2.75, 3.05) is 13.7 Å². The molecule has 0 saturated heterocycles. The predicted octanol–water partition coefficient (Wildman–Crippen LogP) is 2.51. The minimum Gasteiger partial charge on any atom is -0.390 e. The van der Waals surface area contributed by atoms with Crippen molar-refractivity contribution in [2.24, 2.45) is 22.7 Å². The molecule has 24 heavy (non-hydrogen) atoms. The van der Waals surface area contributed by atoms with Gasteiger partial charge in [-0.2, -0.15) is 4.99 Å². The lowest BCUT2D eigenvalue weighted by Gasteiger charge is -2.44. The molecule has 0 unspecified atom stereocenters. The number of aromatic nitrogens is 1. The van der Waals surface area contributed by atoms with Crippen molar-refractivity contribution in [3.8, 4) is 0 Å². The summed E-state index contributed by atoms with van der Waals surface area (Å²) in [5.74, 6) is 0.951. The lowest BCUT2D eigenvalue weighted by atomic mass is 9.63. The van der Waals surface area contributed by atoms with Gasteiger partial charge in [0.25, 0.3) is 5.91 Å². The highest BCUT2D eigenvalue weighted by atomic mass is 32.1. The third kappa shape index (κ3) is 4.16. The van der Waals surface area contributed by atoms with Gasteiger partial charge in [-0.15, -0.1) is 11.3 Å². The van der Waals surface area contributed by atoms with E-state index in [4.69, 9.17) is 4.74 Å². The molecule has 4 atom stereocenters. The standard InChI is InChI=1S/C18H28N2O3S/c1-12-11-20(4-5-23-3)17(24-12)19-16(21)15-7-13-6-14(8-15)10-18(2,22)9-13/h11,13-15,22H,4-10H2,1-3H3/b19-17-/t13-,14+,15+,18+. The summed E-state index contributed by atoms with van der Waals surface area (Å²) in [4.78, 5) is 19.1. The monoisotopic (exact) mass is 352 g/mol. The molecule has 0 radical (unpaired) electrons. The lowest BCUT2D eigenvalue weighted by Crippen LogP contribution is -2.42. The van der Waals surface area contributed by atoms with E-state index in [9.17, 15) is 9.90 Å². The number of carbonyl (C=O) groups is 1. The van der Waals surface area contributed by atoms with Crippen LogP contribution in [0.1, 0.15) is 43.9 Å². The Hall–Kier alpha value is -0.980. The third-order valence-electron chi connectivity index (χ3n) is 5.29. The van der Waals surface area contributed by atoms with Crippen LogP contribution < -0.4 is 4.80 Å². The number of hydrogen-bond acceptors (Lipinski definition) is 4. The number of carbonyl (C=O) groups excluding carboxylic acids is 1. The van der Waals surface area contributed by atoms with Gasteiger partial charge in [-0.25, -0.2) is 0 Å². The Morgan fingerprint density at radius 3 is 2.71 bits per heavy atom. The average molecular weight is 353 g/mol. The minimum atomic E-state index is -0.549. The molecule has 1 aromatic heterocycles. The van der Waals surface area contributed by atoms with Crippen LogP contribution in [0.5, 0.6) is 0 Å². The molecule has 2 saturated carbocycles. The number of aliphatic hydroxyl groups is 1. The van der Waals surface area contributed by atoms with Crippen molar-refractivity contribution in [3.05, 3.63) is 15.9 Å². The SMILES string of the molecule is COCCn1cc(C)s/c1=N\C(=O)[C@H]1C[C@H]2C[C@@H](C1)C[C@@](C)(O)C2. The zero-order valence-electron chi connectivity index (χ0n) is 14.8. The molecule has 134 valence electrons. The Morgan fingerprint density at radius 1 is 1.42 bits per heavy atom. The maximum Gasteiger partial charge on any atom is 0.251 e. The van der Waals surface area contributed by atoms with Gasteiger partial charge in [0.05, 0.1) is 12.2 Å². The fourth-order valence-corrected chi connectivity index (χ4v) is 5.42. The normalized spacial score (nSPS) is 33.7. The molecule has 1 heterocycles. The fraction of sp³-hybridized carbons (Fsp3) is 0.778. The van der Waals surface area contributed by atoms with E-state index in [-0.39, 0.29) is 11.8 Å². The fourth-order valence-electron chi connectivity index (χ4n) is 4.55. The van der Waals surface area contributed by atoms with Crippen LogP contribution in [0, 0.1) is 24.7 Å². The Bertz CT molecular complexity index is 645. The average Bonchev–Trinajstić information content (AvgIpc) is 2.82. The van der Waals surface area contributed by atoms with E-state index in [1.807, 2.05) is 24.6 Å². The van der Waals surface area contributed by atoms with Gasteiger partial charge in [-0.1, -0.05) is 0 Å². The number of nitrogens with zero attached hydrogens (tertiary/aromatic N) is 2. The molecule has 2 bridgehead atoms. The first-order chi connectivity index (χ1) is 11.4. The van der Waals surface area contributed by atoms with Gasteiger partial charge >= 0.3 is 0 Å². The van der Waals surface area contributed by atoms with Crippen LogP contribution in [-0.2, 0) is 16.1 Å². The summed E-state index contributed by atoms with van der Waals surface area (Å²) >= 11 is 1.56. The van der Waals surface area contributed by atoms with Crippen LogP contribution in [0.25, 0.3) is 0 Å². The molecule has 0 spiro atoms. The largest absolute Gasteiger partial charge is 0.390 e. The number of rotatable bonds is 4. The Balaban J connectivity index is 1.74. The van der Waals surface area contributed by atoms with Crippen LogP contribution in [-0.4, -0.2) is 34.9 Å². The molecule has 0 aliphatic heterocycles. The summed E-state index contributed by atoms with van der Waals surface area (Å²) in [6.45, 7) is 5.29. The van der Waals surface area contributed by atoms with E-state index in [2.05, 4.69) is 4.99 Å². The Morgan fingerprint density at radius 2 is 2.08 bits per heavy atom. The molecule has 5 nitrogen and oxygen atoms in total. The van der Waals surface area contributed by atoms with Gasteiger partial charge in [0, 0.05) is 30.6 Å². The minimum absolute atomic E-state index is 0.0132. The van der Waals surface area contributed by atoms with Crippen LogP contribution in [0.4, 0.5) is 0 Å². The second kappa shape index (κ2) is 7.10. The maximum absolute atomic E-state index is 12.7. The molecule has 3 rings (SSSR count). The summed E-state index contributed by atoms with van der Waals surface area (Å²) < 4.78 is 7.14. The summed E-state index contributed by atoms with van der Waals surface area (Å²) in [5.41, 5.74) is -0.549. The topological polar surface area (TPSA) is 63.8 Å². The van der Waals surface area contributed by atoms with Crippen molar-refractivity contribution in [1.29, 1.82) is 0 Å². The smallest absolute Gasteiger partial charge is 0.251 e. The van der Waals surface area contributed by atoms with E-state index in [0.29, 0.717) is 25.0 Å². The molecule has 1 amide bonds. The molecule has 0 aromatic carbocycles. The van der Waals surface area contributed by atoms with E-state index in [1.165, 1.54) is 0 Å². The number of aryl methyl sites for hydroxylation is 1. The van der Waals surface area contributed by atoms with Crippen LogP contribution in [0.15, 0.2) is 11.2 Å². The molecular formula is C18H28N2O3S. The number of ether oxygens (including phenoxy) is 1. The first-order valence-electron chi connectivity index (χ1n) is 8.83. The van der Waals surface area contributed by atoms with E-state index < -0.39 is 5.60 Å². The van der Waals surface area contributed by atoms with Crippen molar-refractivity contribution in [3.63, 3.8) is 0 Å². The van der Waals surface area contributed by atoms with Gasteiger partial charge in [-0.05, 0) is 57.8 Å². The molecule has 2 aliphatic carbocycles. The molecule has 6 heteroatoms. The van der Waals surface area contributed by atoms with Crippen LogP contribution in [0.3, 0.4) is 0 Å². The van der Waals surface area contributed by atoms with E-state index in [0.717, 1.165) is 41.8 Å². The predicted molar refractivity (Wildman–Crippen MR) is 93.7 cm³/mol. The number of methoxy groups -OCH3 is 1. The van der Waals surface area contributed by atoms with Gasteiger partial charge in [-0.3, -0.25) is 4.79 Å². The maximum atomic E-state index is 12.7. The highest BCUT2D eigenvalue weighted by Crippen LogP contribution is 2.46. The highest BCUT2D eigenvalue weighted by molar-refractivity contribution is 7.09. The molecule has 2 aliphatic rings. The molecular weight excluding hydrogens is 324 g/mol. The van der Waals surface area contributed by atoms with Crippen LogP contribution in [0.2, 0.25) is 0 Å². The van der Waals surface area contributed by atoms with Crippen molar-refractivity contribution < 1.29 is 14.6 Å². The molecule has 1 aromatic rings. The lowest BCUT2D eigenvalue weighted by molar-refractivity contribution is -0.126. The molecule has 1 N–H and O–H groups in total. The van der Waals surface area contributed by atoms with E-state index in [1.54, 1.807) is 18.4 Å². The van der Waals surface area contributed by atoms with Gasteiger partial charge in [0.1, 0.15) is 0 Å². The van der Waals surface area contributed by atoms with Gasteiger partial charge < -0.3 is 14.4 Å². The molecule has 2 fully saturated rings. The number of amides is 1. The number of fused-ring (bicyclic) bond motifs is 2. The zero-order valence-corrected chi connectivity index (χ0v) is 15.6. The number of hydrogen-bond donors (Lipinski definition) is 1. The first kappa shape index (κ1) is 17.8. The third-order valence-corrected chi connectivity index (χ3v) is 6.22. The van der Waals surface area contributed by atoms with Crippen molar-refractivity contribution >= 4 is 17.2 Å². The zero-order chi connectivity index (χ0) is 17.3. The Labute approximate surface area is 147 Å². The Kier molecular flexibility index (Phi) is 5.27. The second-order valence-corrected chi connectivity index (χ2v) is 9.02. The summed E-state index contributed by atoms with van der Waals surface area (Å²) in [7, 11) is 1.68. The van der Waals surface area contributed by atoms with Gasteiger partial charge in [0.2, 0.25) is 0 Å². The summed E-state index contributed by atoms with van der Waals surface area (Å²) in [6, 6.07) is 0. The first-order valence-corrected chi connectivity index (χ1v) is 9.65. The van der Waals surface area contributed by atoms with Crippen molar-refractivity contribution in [1.82, 2.24) is 4.57 Å². The van der Waals surface area contributed by atoms with Gasteiger partial charge in [0.15, 0.2) is 4.80 Å². The quantitative estimate of drug-likeness (QED) is 0.905. The highest BCUT2D eigenvalue weighted by Gasteiger charge is 2.42. The summed E-state index contributed by atoms with van der Waals surface area (Å²) in [6.07, 6.45) is 6.57. The summed E-state index contributed by atoms with van der Waals surface area (Å²) in [5, 5.41) is 10.3.